The van der Waals surface area contributed by atoms with Gasteiger partial charge in [-0.2, -0.15) is 0 Å². The van der Waals surface area contributed by atoms with Gasteiger partial charge in [-0.05, 0) is 38.0 Å². The van der Waals surface area contributed by atoms with Crippen LogP contribution in [0.25, 0.3) is 0 Å². The zero-order valence-corrected chi connectivity index (χ0v) is 12.2. The lowest BCUT2D eigenvalue weighted by molar-refractivity contribution is -0.143. The van der Waals surface area contributed by atoms with Gasteiger partial charge in [0.15, 0.2) is 0 Å². The monoisotopic (exact) mass is 281 g/mol. The summed E-state index contributed by atoms with van der Waals surface area (Å²) in [6.07, 6.45) is 1.51. The second-order valence-corrected chi connectivity index (χ2v) is 5.62. The molecule has 104 valence electrons. The standard InChI is InChI=1S/C15H20ClNO2/c1-11-9-17(10-12(2)19-11)15(18)7-6-13-4-3-5-14(16)8-13/h3-5,8,11-12H,6-7,9-10H2,1-2H3. The molecular formula is C15H20ClNO2. The van der Waals surface area contributed by atoms with Crippen molar-refractivity contribution in [2.24, 2.45) is 0 Å². The number of nitrogens with zero attached hydrogens (tertiary/aromatic N) is 1. The van der Waals surface area contributed by atoms with E-state index in [4.69, 9.17) is 16.3 Å². The Morgan fingerprint density at radius 2 is 2.05 bits per heavy atom. The van der Waals surface area contributed by atoms with Crippen LogP contribution in [0.5, 0.6) is 0 Å². The van der Waals surface area contributed by atoms with Gasteiger partial charge in [0.1, 0.15) is 0 Å². The normalized spacial score (nSPS) is 23.4. The summed E-state index contributed by atoms with van der Waals surface area (Å²) in [6, 6.07) is 7.68. The molecule has 3 nitrogen and oxygen atoms in total. The van der Waals surface area contributed by atoms with E-state index < -0.39 is 0 Å². The first-order valence-electron chi connectivity index (χ1n) is 6.72. The van der Waals surface area contributed by atoms with Gasteiger partial charge < -0.3 is 9.64 Å². The maximum absolute atomic E-state index is 12.2. The fourth-order valence-electron chi connectivity index (χ4n) is 2.48. The lowest BCUT2D eigenvalue weighted by atomic mass is 10.1. The molecule has 0 N–H and O–H groups in total. The van der Waals surface area contributed by atoms with E-state index in [1.165, 1.54) is 0 Å². The third kappa shape index (κ3) is 4.22. The Labute approximate surface area is 119 Å². The van der Waals surface area contributed by atoms with Gasteiger partial charge in [0.2, 0.25) is 5.91 Å². The average Bonchev–Trinajstić information content (AvgIpc) is 2.35. The molecule has 0 radical (unpaired) electrons. The van der Waals surface area contributed by atoms with Gasteiger partial charge in [-0.1, -0.05) is 23.7 Å². The van der Waals surface area contributed by atoms with Crippen molar-refractivity contribution in [3.63, 3.8) is 0 Å². The van der Waals surface area contributed by atoms with Crippen LogP contribution in [0.4, 0.5) is 0 Å². The number of carbonyl (C=O) groups excluding carboxylic acids is 1. The predicted molar refractivity (Wildman–Crippen MR) is 76.4 cm³/mol. The molecular weight excluding hydrogens is 262 g/mol. The van der Waals surface area contributed by atoms with E-state index in [-0.39, 0.29) is 18.1 Å². The Hall–Kier alpha value is -1.06. The highest BCUT2D eigenvalue weighted by molar-refractivity contribution is 6.30. The number of morpholine rings is 1. The molecule has 0 aliphatic carbocycles. The van der Waals surface area contributed by atoms with Crippen LogP contribution in [0, 0.1) is 0 Å². The Balaban J connectivity index is 1.87. The van der Waals surface area contributed by atoms with Crippen LogP contribution in [-0.2, 0) is 16.0 Å². The van der Waals surface area contributed by atoms with Gasteiger partial charge >= 0.3 is 0 Å². The number of rotatable bonds is 3. The molecule has 2 unspecified atom stereocenters. The molecule has 1 aromatic rings. The van der Waals surface area contributed by atoms with Crippen LogP contribution in [0.3, 0.4) is 0 Å². The maximum Gasteiger partial charge on any atom is 0.223 e. The topological polar surface area (TPSA) is 29.5 Å². The summed E-state index contributed by atoms with van der Waals surface area (Å²) in [6.45, 7) is 5.40. The number of carbonyl (C=O) groups is 1. The summed E-state index contributed by atoms with van der Waals surface area (Å²) in [5.41, 5.74) is 1.11. The minimum absolute atomic E-state index is 0.124. The summed E-state index contributed by atoms with van der Waals surface area (Å²) in [7, 11) is 0. The van der Waals surface area contributed by atoms with E-state index in [1.54, 1.807) is 0 Å². The summed E-state index contributed by atoms with van der Waals surface area (Å²) in [4.78, 5) is 14.1. The van der Waals surface area contributed by atoms with Crippen molar-refractivity contribution in [1.29, 1.82) is 0 Å². The largest absolute Gasteiger partial charge is 0.372 e. The summed E-state index contributed by atoms with van der Waals surface area (Å²) < 4.78 is 5.63. The lowest BCUT2D eigenvalue weighted by Gasteiger charge is -2.35. The molecule has 1 aliphatic rings. The number of aryl methyl sites for hydroxylation is 1. The average molecular weight is 282 g/mol. The van der Waals surface area contributed by atoms with E-state index in [2.05, 4.69) is 0 Å². The number of amides is 1. The second kappa shape index (κ2) is 6.40. The predicted octanol–water partition coefficient (Wildman–Crippen LogP) is 2.91. The molecule has 1 saturated heterocycles. The van der Waals surface area contributed by atoms with Crippen molar-refractivity contribution >= 4 is 17.5 Å². The van der Waals surface area contributed by atoms with Crippen LogP contribution in [0.1, 0.15) is 25.8 Å². The minimum atomic E-state index is 0.124. The lowest BCUT2D eigenvalue weighted by Crippen LogP contribution is -2.48. The van der Waals surface area contributed by atoms with E-state index in [9.17, 15) is 4.79 Å². The molecule has 0 aromatic heterocycles. The summed E-state index contributed by atoms with van der Waals surface area (Å²) in [5.74, 6) is 0.196. The molecule has 0 bridgehead atoms. The summed E-state index contributed by atoms with van der Waals surface area (Å²) >= 11 is 5.94. The van der Waals surface area contributed by atoms with Crippen molar-refractivity contribution in [3.05, 3.63) is 34.9 Å². The number of hydrogen-bond acceptors (Lipinski definition) is 2. The first kappa shape index (κ1) is 14.4. The maximum atomic E-state index is 12.2. The Morgan fingerprint density at radius 3 is 2.68 bits per heavy atom. The first-order chi connectivity index (χ1) is 9.04. The molecule has 2 rings (SSSR count). The summed E-state index contributed by atoms with van der Waals surface area (Å²) in [5, 5.41) is 0.721. The number of halogens is 1. The van der Waals surface area contributed by atoms with Crippen LogP contribution in [-0.4, -0.2) is 36.1 Å². The highest BCUT2D eigenvalue weighted by Crippen LogP contribution is 2.15. The highest BCUT2D eigenvalue weighted by atomic mass is 35.5. The zero-order valence-electron chi connectivity index (χ0n) is 11.4. The minimum Gasteiger partial charge on any atom is -0.372 e. The van der Waals surface area contributed by atoms with Crippen molar-refractivity contribution in [1.82, 2.24) is 4.90 Å². The zero-order chi connectivity index (χ0) is 13.8. The van der Waals surface area contributed by atoms with Crippen LogP contribution >= 0.6 is 11.6 Å². The molecule has 0 saturated carbocycles. The van der Waals surface area contributed by atoms with Gasteiger partial charge in [-0.25, -0.2) is 0 Å². The van der Waals surface area contributed by atoms with E-state index in [0.717, 1.165) is 17.0 Å². The quantitative estimate of drug-likeness (QED) is 0.853. The number of benzene rings is 1. The molecule has 2 atom stereocenters. The Morgan fingerprint density at radius 1 is 1.37 bits per heavy atom. The van der Waals surface area contributed by atoms with Crippen molar-refractivity contribution in [2.75, 3.05) is 13.1 Å². The second-order valence-electron chi connectivity index (χ2n) is 5.19. The van der Waals surface area contributed by atoms with Crippen LogP contribution < -0.4 is 0 Å². The third-order valence-corrected chi connectivity index (χ3v) is 3.52. The Bertz CT molecular complexity index is 440. The van der Waals surface area contributed by atoms with Gasteiger partial charge in [0, 0.05) is 24.5 Å². The fourth-order valence-corrected chi connectivity index (χ4v) is 2.70. The Kier molecular flexibility index (Phi) is 4.83. The third-order valence-electron chi connectivity index (χ3n) is 3.29. The SMILES string of the molecule is CC1CN(C(=O)CCc2cccc(Cl)c2)CC(C)O1. The van der Waals surface area contributed by atoms with Gasteiger partial charge in [0.25, 0.3) is 0 Å². The van der Waals surface area contributed by atoms with Crippen LogP contribution in [0.15, 0.2) is 24.3 Å². The molecule has 1 amide bonds. The fraction of sp³-hybridized carbons (Fsp3) is 0.533. The van der Waals surface area contributed by atoms with Crippen LogP contribution in [0.2, 0.25) is 5.02 Å². The van der Waals surface area contributed by atoms with Crippen molar-refractivity contribution in [2.45, 2.75) is 38.9 Å². The smallest absolute Gasteiger partial charge is 0.223 e. The molecule has 1 heterocycles. The van der Waals surface area contributed by atoms with Crippen molar-refractivity contribution in [3.8, 4) is 0 Å². The number of hydrogen-bond donors (Lipinski definition) is 0. The number of ether oxygens (including phenoxy) is 1. The van der Waals surface area contributed by atoms with E-state index in [1.807, 2.05) is 43.0 Å². The van der Waals surface area contributed by atoms with E-state index in [0.29, 0.717) is 19.5 Å². The van der Waals surface area contributed by atoms with Gasteiger partial charge in [-0.3, -0.25) is 4.79 Å². The van der Waals surface area contributed by atoms with Gasteiger partial charge in [-0.15, -0.1) is 0 Å². The van der Waals surface area contributed by atoms with Crippen molar-refractivity contribution < 1.29 is 9.53 Å². The molecule has 4 heteroatoms. The molecule has 0 spiro atoms. The molecule has 19 heavy (non-hydrogen) atoms. The van der Waals surface area contributed by atoms with E-state index >= 15 is 0 Å². The molecule has 1 aromatic carbocycles. The first-order valence-corrected chi connectivity index (χ1v) is 7.10. The highest BCUT2D eigenvalue weighted by Gasteiger charge is 2.25. The molecule has 1 fully saturated rings. The van der Waals surface area contributed by atoms with Gasteiger partial charge in [0.05, 0.1) is 12.2 Å². The molecule has 1 aliphatic heterocycles.